The number of aromatic nitrogens is 1. The number of hydrogen-bond donors (Lipinski definition) is 1. The van der Waals surface area contributed by atoms with Crippen molar-refractivity contribution in [1.82, 2.24) is 4.98 Å². The summed E-state index contributed by atoms with van der Waals surface area (Å²) in [6, 6.07) is 9.05. The van der Waals surface area contributed by atoms with Gasteiger partial charge >= 0.3 is 0 Å². The number of furan rings is 1. The summed E-state index contributed by atoms with van der Waals surface area (Å²) in [5.74, 6) is -0.0730. The van der Waals surface area contributed by atoms with Crippen LogP contribution in [-0.4, -0.2) is 10.9 Å². The lowest BCUT2D eigenvalue weighted by atomic mass is 10.3. The molecule has 0 spiro atoms. The van der Waals surface area contributed by atoms with Crippen molar-refractivity contribution in [3.63, 3.8) is 0 Å². The molecule has 0 radical (unpaired) electrons. The molecule has 0 aliphatic heterocycles. The Labute approximate surface area is 129 Å². The highest BCUT2D eigenvalue weighted by Crippen LogP contribution is 2.28. The smallest absolute Gasteiger partial charge is 0.293 e. The van der Waals surface area contributed by atoms with Gasteiger partial charge in [-0.3, -0.25) is 10.1 Å². The molecule has 0 bridgehead atoms. The number of benzene rings is 1. The molecule has 3 aromatic rings. The largest absolute Gasteiger partial charge is 0.444 e. The van der Waals surface area contributed by atoms with Gasteiger partial charge in [-0.1, -0.05) is 27.3 Å². The Morgan fingerprint density at radius 1 is 1.26 bits per heavy atom. The molecule has 0 aliphatic carbocycles. The van der Waals surface area contributed by atoms with E-state index in [0.29, 0.717) is 9.80 Å². The van der Waals surface area contributed by atoms with Gasteiger partial charge in [0, 0.05) is 4.47 Å². The summed E-state index contributed by atoms with van der Waals surface area (Å²) in [6.45, 7) is 0. The van der Waals surface area contributed by atoms with Crippen LogP contribution in [0.4, 0.5) is 5.13 Å². The molecule has 0 saturated carbocycles. The predicted molar refractivity (Wildman–Crippen MR) is 81.7 cm³/mol. The van der Waals surface area contributed by atoms with Gasteiger partial charge in [0.1, 0.15) is 0 Å². The fourth-order valence-electron chi connectivity index (χ4n) is 1.55. The first-order valence-corrected chi connectivity index (χ1v) is 7.65. The summed E-state index contributed by atoms with van der Waals surface area (Å²) < 4.78 is 7.69. The van der Waals surface area contributed by atoms with Crippen molar-refractivity contribution >= 4 is 64.5 Å². The van der Waals surface area contributed by atoms with Crippen molar-refractivity contribution in [2.45, 2.75) is 0 Å². The second-order valence-electron chi connectivity index (χ2n) is 3.69. The summed E-state index contributed by atoms with van der Waals surface area (Å²) in [7, 11) is 0. The first kappa shape index (κ1) is 12.8. The molecule has 0 aliphatic rings. The van der Waals surface area contributed by atoms with Crippen molar-refractivity contribution in [3.05, 3.63) is 45.2 Å². The van der Waals surface area contributed by atoms with Gasteiger partial charge in [0.15, 0.2) is 15.6 Å². The van der Waals surface area contributed by atoms with E-state index in [1.165, 1.54) is 11.3 Å². The van der Waals surface area contributed by atoms with Crippen LogP contribution in [0.15, 0.2) is 43.9 Å². The lowest BCUT2D eigenvalue weighted by molar-refractivity contribution is 0.0995. The summed E-state index contributed by atoms with van der Waals surface area (Å²) in [6.07, 6.45) is 0. The molecule has 2 heterocycles. The highest BCUT2D eigenvalue weighted by atomic mass is 79.9. The fraction of sp³-hybridized carbons (Fsp3) is 0. The number of anilines is 1. The van der Waals surface area contributed by atoms with Crippen LogP contribution in [0.3, 0.4) is 0 Å². The van der Waals surface area contributed by atoms with Crippen LogP contribution in [-0.2, 0) is 0 Å². The lowest BCUT2D eigenvalue weighted by Gasteiger charge is -1.96. The third-order valence-electron chi connectivity index (χ3n) is 2.37. The van der Waals surface area contributed by atoms with Crippen LogP contribution >= 0.6 is 43.2 Å². The molecule has 4 nitrogen and oxygen atoms in total. The average molecular weight is 402 g/mol. The summed E-state index contributed by atoms with van der Waals surface area (Å²) >= 11 is 7.98. The standard InChI is InChI=1S/C12H6Br2N2O2S/c13-6-1-2-7-9(5-6)19-12(15-7)16-11(17)8-3-4-10(14)18-8/h1-5H,(H,15,16,17). The normalized spacial score (nSPS) is 10.8. The van der Waals surface area contributed by atoms with Crippen molar-refractivity contribution in [2.24, 2.45) is 0 Å². The summed E-state index contributed by atoms with van der Waals surface area (Å²) in [4.78, 5) is 16.2. The molecular formula is C12H6Br2N2O2S. The molecular weight excluding hydrogens is 396 g/mol. The van der Waals surface area contributed by atoms with E-state index in [4.69, 9.17) is 4.42 Å². The van der Waals surface area contributed by atoms with Crippen molar-refractivity contribution in [1.29, 1.82) is 0 Å². The van der Waals surface area contributed by atoms with E-state index in [-0.39, 0.29) is 11.7 Å². The van der Waals surface area contributed by atoms with Gasteiger partial charge < -0.3 is 4.42 Å². The number of rotatable bonds is 2. The van der Waals surface area contributed by atoms with E-state index in [9.17, 15) is 4.79 Å². The Balaban J connectivity index is 1.87. The molecule has 0 unspecified atom stereocenters. The number of amides is 1. The number of thiazole rings is 1. The van der Waals surface area contributed by atoms with E-state index in [1.807, 2.05) is 18.2 Å². The van der Waals surface area contributed by atoms with Gasteiger partial charge in [0.25, 0.3) is 5.91 Å². The Morgan fingerprint density at radius 2 is 2.11 bits per heavy atom. The second kappa shape index (κ2) is 5.07. The molecule has 0 fully saturated rings. The molecule has 1 aromatic carbocycles. The van der Waals surface area contributed by atoms with E-state index < -0.39 is 0 Å². The summed E-state index contributed by atoms with van der Waals surface area (Å²) in [5, 5.41) is 3.27. The first-order chi connectivity index (χ1) is 9.11. The molecule has 96 valence electrons. The topological polar surface area (TPSA) is 55.1 Å². The zero-order valence-electron chi connectivity index (χ0n) is 9.31. The SMILES string of the molecule is O=C(Nc1nc2ccc(Br)cc2s1)c1ccc(Br)o1. The Morgan fingerprint density at radius 3 is 2.84 bits per heavy atom. The minimum absolute atomic E-state index is 0.243. The van der Waals surface area contributed by atoms with Crippen molar-refractivity contribution < 1.29 is 9.21 Å². The minimum atomic E-state index is -0.316. The number of nitrogens with zero attached hydrogens (tertiary/aromatic N) is 1. The van der Waals surface area contributed by atoms with Crippen molar-refractivity contribution in [3.8, 4) is 0 Å². The Kier molecular flexibility index (Phi) is 3.42. The first-order valence-electron chi connectivity index (χ1n) is 5.24. The Bertz CT molecular complexity index is 766. The molecule has 3 rings (SSSR count). The van der Waals surface area contributed by atoms with E-state index >= 15 is 0 Å². The van der Waals surface area contributed by atoms with Gasteiger partial charge in [0.05, 0.1) is 10.2 Å². The maximum atomic E-state index is 11.9. The van der Waals surface area contributed by atoms with Crippen LogP contribution in [0.1, 0.15) is 10.6 Å². The molecule has 19 heavy (non-hydrogen) atoms. The Hall–Kier alpha value is -1.18. The number of fused-ring (bicyclic) bond motifs is 1. The highest BCUT2D eigenvalue weighted by molar-refractivity contribution is 9.10. The maximum Gasteiger partial charge on any atom is 0.293 e. The van der Waals surface area contributed by atoms with Gasteiger partial charge in [-0.15, -0.1) is 0 Å². The molecule has 1 amide bonds. The second-order valence-corrected chi connectivity index (χ2v) is 6.42. The quantitative estimate of drug-likeness (QED) is 0.678. The number of nitrogens with one attached hydrogen (secondary N) is 1. The lowest BCUT2D eigenvalue weighted by Crippen LogP contribution is -2.10. The van der Waals surface area contributed by atoms with E-state index in [0.717, 1.165) is 14.7 Å². The minimum Gasteiger partial charge on any atom is -0.444 e. The number of hydrogen-bond acceptors (Lipinski definition) is 4. The fourth-order valence-corrected chi connectivity index (χ4v) is 3.27. The van der Waals surface area contributed by atoms with Crippen LogP contribution in [0.5, 0.6) is 0 Å². The van der Waals surface area contributed by atoms with Crippen LogP contribution in [0.25, 0.3) is 10.2 Å². The molecule has 1 N–H and O–H groups in total. The highest BCUT2D eigenvalue weighted by Gasteiger charge is 2.13. The maximum absolute atomic E-state index is 11.9. The van der Waals surface area contributed by atoms with Crippen LogP contribution in [0.2, 0.25) is 0 Å². The molecule has 2 aromatic heterocycles. The molecule has 7 heteroatoms. The third kappa shape index (κ3) is 2.72. The predicted octanol–water partition coefficient (Wildman–Crippen LogP) is 4.67. The van der Waals surface area contributed by atoms with Gasteiger partial charge in [0.2, 0.25) is 0 Å². The summed E-state index contributed by atoms with van der Waals surface area (Å²) in [5.41, 5.74) is 0.851. The van der Waals surface area contributed by atoms with E-state index in [1.54, 1.807) is 12.1 Å². The van der Waals surface area contributed by atoms with Crippen LogP contribution < -0.4 is 5.32 Å². The van der Waals surface area contributed by atoms with E-state index in [2.05, 4.69) is 42.2 Å². The third-order valence-corrected chi connectivity index (χ3v) is 4.22. The average Bonchev–Trinajstić information content (AvgIpc) is 2.94. The molecule has 0 saturated heterocycles. The van der Waals surface area contributed by atoms with Gasteiger partial charge in [-0.25, -0.2) is 4.98 Å². The van der Waals surface area contributed by atoms with Crippen molar-refractivity contribution in [2.75, 3.05) is 5.32 Å². The molecule has 0 atom stereocenters. The number of carbonyl (C=O) groups is 1. The number of halogens is 2. The van der Waals surface area contributed by atoms with Gasteiger partial charge in [-0.05, 0) is 46.3 Å². The zero-order valence-corrected chi connectivity index (χ0v) is 13.3. The number of carbonyl (C=O) groups excluding carboxylic acids is 1. The monoisotopic (exact) mass is 400 g/mol. The van der Waals surface area contributed by atoms with Gasteiger partial charge in [-0.2, -0.15) is 0 Å². The zero-order chi connectivity index (χ0) is 13.4. The van der Waals surface area contributed by atoms with Crippen LogP contribution in [0, 0.1) is 0 Å².